The number of rotatable bonds is 9. The number of amides is 1. The van der Waals surface area contributed by atoms with Gasteiger partial charge in [0.15, 0.2) is 29.6 Å². The van der Waals surface area contributed by atoms with Crippen LogP contribution in [0.2, 0.25) is 0 Å². The van der Waals surface area contributed by atoms with E-state index in [1.54, 1.807) is 32.7 Å². The maximum Gasteiger partial charge on any atom is 0.261 e. The molecule has 34 heavy (non-hydrogen) atoms. The minimum Gasteiger partial charge on any atom is -0.493 e. The second kappa shape index (κ2) is 10.7. The molecule has 0 N–H and O–H groups in total. The summed E-state index contributed by atoms with van der Waals surface area (Å²) in [6.45, 7) is 4.28. The van der Waals surface area contributed by atoms with Crippen molar-refractivity contribution in [2.45, 2.75) is 18.9 Å². The number of carbonyl (C=O) groups is 1. The van der Waals surface area contributed by atoms with E-state index in [9.17, 15) is 4.79 Å². The molecule has 6 nitrogen and oxygen atoms in total. The molecule has 1 aromatic heterocycles. The standard InChI is InChI=1S/C27H29NO5S/c1-5-7-18-9-10-21(22(14-18)30-2)33-17-26(29)28-12-11-19-15-23(31-3)24(32-4)16-20(19)27(28)25-8-6-13-34-25/h5-6,8-10,13-16,27H,1,7,11-12,17H2,2-4H3. The molecule has 0 fully saturated rings. The number of hydrogen-bond acceptors (Lipinski definition) is 6. The van der Waals surface area contributed by atoms with Crippen molar-refractivity contribution in [1.82, 2.24) is 4.90 Å². The number of methoxy groups -OCH3 is 3. The van der Waals surface area contributed by atoms with Gasteiger partial charge in [0.2, 0.25) is 0 Å². The molecule has 0 saturated carbocycles. The Bertz CT molecular complexity index is 1160. The molecule has 1 aliphatic heterocycles. The maximum absolute atomic E-state index is 13.4. The van der Waals surface area contributed by atoms with Gasteiger partial charge in [-0.2, -0.15) is 0 Å². The van der Waals surface area contributed by atoms with Crippen LogP contribution in [-0.2, 0) is 17.6 Å². The SMILES string of the molecule is C=CCc1ccc(OCC(=O)N2CCc3cc(OC)c(OC)cc3C2c2cccs2)c(OC)c1. The lowest BCUT2D eigenvalue weighted by Gasteiger charge is -2.37. The Morgan fingerprint density at radius 3 is 2.47 bits per heavy atom. The lowest BCUT2D eigenvalue weighted by molar-refractivity contribution is -0.135. The van der Waals surface area contributed by atoms with E-state index in [2.05, 4.69) is 12.6 Å². The predicted octanol–water partition coefficient (Wildman–Crippen LogP) is 5.06. The topological polar surface area (TPSA) is 57.2 Å². The molecule has 2 aromatic carbocycles. The van der Waals surface area contributed by atoms with Crippen molar-refractivity contribution in [3.8, 4) is 23.0 Å². The van der Waals surface area contributed by atoms with Gasteiger partial charge >= 0.3 is 0 Å². The molecule has 0 spiro atoms. The van der Waals surface area contributed by atoms with Crippen molar-refractivity contribution < 1.29 is 23.7 Å². The molecule has 0 radical (unpaired) electrons. The third kappa shape index (κ3) is 4.75. The van der Waals surface area contributed by atoms with Gasteiger partial charge in [-0.15, -0.1) is 17.9 Å². The Labute approximate surface area is 204 Å². The largest absolute Gasteiger partial charge is 0.493 e. The first-order valence-electron chi connectivity index (χ1n) is 11.1. The third-order valence-electron chi connectivity index (χ3n) is 5.97. The van der Waals surface area contributed by atoms with Gasteiger partial charge in [-0.25, -0.2) is 0 Å². The zero-order valence-corrected chi connectivity index (χ0v) is 20.5. The number of benzene rings is 2. The van der Waals surface area contributed by atoms with Crippen LogP contribution in [0.4, 0.5) is 0 Å². The van der Waals surface area contributed by atoms with Gasteiger partial charge in [-0.3, -0.25) is 4.79 Å². The number of thiophene rings is 1. The first-order chi connectivity index (χ1) is 16.6. The summed E-state index contributed by atoms with van der Waals surface area (Å²) < 4.78 is 22.5. The molecule has 2 heterocycles. The second-order valence-electron chi connectivity index (χ2n) is 7.93. The summed E-state index contributed by atoms with van der Waals surface area (Å²) in [4.78, 5) is 16.4. The summed E-state index contributed by atoms with van der Waals surface area (Å²) in [6, 6.07) is 13.6. The molecule has 0 saturated heterocycles. The van der Waals surface area contributed by atoms with E-state index in [1.165, 1.54) is 0 Å². The van der Waals surface area contributed by atoms with Crippen molar-refractivity contribution in [3.05, 3.63) is 82.1 Å². The van der Waals surface area contributed by atoms with Crippen LogP contribution in [0.3, 0.4) is 0 Å². The van der Waals surface area contributed by atoms with Gasteiger partial charge < -0.3 is 23.8 Å². The van der Waals surface area contributed by atoms with Gasteiger partial charge in [-0.1, -0.05) is 18.2 Å². The predicted molar refractivity (Wildman–Crippen MR) is 134 cm³/mol. The van der Waals surface area contributed by atoms with E-state index in [1.807, 2.05) is 52.8 Å². The van der Waals surface area contributed by atoms with Crippen molar-refractivity contribution >= 4 is 17.2 Å². The van der Waals surface area contributed by atoms with Gasteiger partial charge in [0.25, 0.3) is 5.91 Å². The number of nitrogens with zero attached hydrogens (tertiary/aromatic N) is 1. The molecule has 4 rings (SSSR count). The minimum absolute atomic E-state index is 0.0817. The van der Waals surface area contributed by atoms with Crippen LogP contribution in [-0.4, -0.2) is 45.3 Å². The summed E-state index contributed by atoms with van der Waals surface area (Å²) in [7, 11) is 4.85. The van der Waals surface area contributed by atoms with Crippen molar-refractivity contribution in [1.29, 1.82) is 0 Å². The van der Waals surface area contributed by atoms with Crippen LogP contribution < -0.4 is 18.9 Å². The van der Waals surface area contributed by atoms with Crippen LogP contribution in [0, 0.1) is 0 Å². The molecular weight excluding hydrogens is 450 g/mol. The zero-order valence-electron chi connectivity index (χ0n) is 19.7. The van der Waals surface area contributed by atoms with Crippen LogP contribution in [0.5, 0.6) is 23.0 Å². The average molecular weight is 480 g/mol. The van der Waals surface area contributed by atoms with Crippen molar-refractivity contribution in [2.24, 2.45) is 0 Å². The van der Waals surface area contributed by atoms with Crippen LogP contribution >= 0.6 is 11.3 Å². The zero-order chi connectivity index (χ0) is 24.1. The van der Waals surface area contributed by atoms with Gasteiger partial charge in [-0.05, 0) is 65.2 Å². The highest BCUT2D eigenvalue weighted by molar-refractivity contribution is 7.10. The Kier molecular flexibility index (Phi) is 7.43. The van der Waals surface area contributed by atoms with E-state index in [-0.39, 0.29) is 18.6 Å². The molecule has 1 unspecified atom stereocenters. The first kappa shape index (κ1) is 23.7. The highest BCUT2D eigenvalue weighted by Gasteiger charge is 2.34. The number of hydrogen-bond donors (Lipinski definition) is 0. The molecule has 7 heteroatoms. The van der Waals surface area contributed by atoms with Crippen LogP contribution in [0.1, 0.15) is 27.6 Å². The molecule has 0 aliphatic carbocycles. The quantitative estimate of drug-likeness (QED) is 0.402. The lowest BCUT2D eigenvalue weighted by Crippen LogP contribution is -2.42. The second-order valence-corrected chi connectivity index (χ2v) is 8.91. The Morgan fingerprint density at radius 2 is 1.79 bits per heavy atom. The molecular formula is C27H29NO5S. The summed E-state index contributed by atoms with van der Waals surface area (Å²) in [5.74, 6) is 2.40. The Hall–Kier alpha value is -3.45. The highest BCUT2D eigenvalue weighted by Crippen LogP contribution is 2.42. The third-order valence-corrected chi connectivity index (χ3v) is 6.89. The Balaban J connectivity index is 1.60. The Morgan fingerprint density at radius 1 is 1.06 bits per heavy atom. The summed E-state index contributed by atoms with van der Waals surface area (Å²) in [5.41, 5.74) is 3.27. The normalized spacial score (nSPS) is 14.8. The number of ether oxygens (including phenoxy) is 4. The lowest BCUT2D eigenvalue weighted by atomic mass is 9.90. The van der Waals surface area contributed by atoms with E-state index < -0.39 is 0 Å². The number of allylic oxidation sites excluding steroid dienone is 1. The molecule has 0 bridgehead atoms. The molecule has 1 aliphatic rings. The fourth-order valence-electron chi connectivity index (χ4n) is 4.32. The van der Waals surface area contributed by atoms with Gasteiger partial charge in [0.1, 0.15) is 0 Å². The van der Waals surface area contributed by atoms with Crippen LogP contribution in [0.15, 0.2) is 60.5 Å². The van der Waals surface area contributed by atoms with Crippen molar-refractivity contribution in [2.75, 3.05) is 34.5 Å². The monoisotopic (exact) mass is 479 g/mol. The molecule has 3 aromatic rings. The molecule has 178 valence electrons. The average Bonchev–Trinajstić information content (AvgIpc) is 3.40. The van der Waals surface area contributed by atoms with Crippen LogP contribution in [0.25, 0.3) is 0 Å². The summed E-state index contributed by atoms with van der Waals surface area (Å²) >= 11 is 1.63. The van der Waals surface area contributed by atoms with E-state index in [0.29, 0.717) is 29.5 Å². The number of fused-ring (bicyclic) bond motifs is 1. The molecule has 1 atom stereocenters. The minimum atomic E-state index is -0.212. The summed E-state index contributed by atoms with van der Waals surface area (Å²) in [5, 5.41) is 2.03. The maximum atomic E-state index is 13.4. The van der Waals surface area contributed by atoms with Gasteiger partial charge in [0, 0.05) is 11.4 Å². The fourth-order valence-corrected chi connectivity index (χ4v) is 5.17. The van der Waals surface area contributed by atoms with E-state index >= 15 is 0 Å². The van der Waals surface area contributed by atoms with Crippen molar-refractivity contribution in [3.63, 3.8) is 0 Å². The summed E-state index contributed by atoms with van der Waals surface area (Å²) in [6.07, 6.45) is 3.30. The van der Waals surface area contributed by atoms with Gasteiger partial charge in [0.05, 0.1) is 27.4 Å². The van der Waals surface area contributed by atoms with E-state index in [4.69, 9.17) is 18.9 Å². The number of carbonyl (C=O) groups excluding carboxylic acids is 1. The first-order valence-corrected chi connectivity index (χ1v) is 12.0. The molecule has 1 amide bonds. The fraction of sp³-hybridized carbons (Fsp3) is 0.296. The smallest absolute Gasteiger partial charge is 0.261 e. The van der Waals surface area contributed by atoms with E-state index in [0.717, 1.165) is 34.4 Å². The highest BCUT2D eigenvalue weighted by atomic mass is 32.1.